The van der Waals surface area contributed by atoms with E-state index < -0.39 is 0 Å². The lowest BCUT2D eigenvalue weighted by atomic mass is 10.1. The summed E-state index contributed by atoms with van der Waals surface area (Å²) in [5.74, 6) is 0. The van der Waals surface area contributed by atoms with Crippen molar-refractivity contribution in [1.29, 1.82) is 0 Å². The number of fused-ring (bicyclic) bond motifs is 3. The van der Waals surface area contributed by atoms with Gasteiger partial charge in [-0.25, -0.2) is 4.40 Å². The molecule has 2 heterocycles. The van der Waals surface area contributed by atoms with Crippen LogP contribution in [0.4, 0.5) is 5.69 Å². The molecule has 0 saturated heterocycles. The minimum Gasteiger partial charge on any atom is -0.381 e. The van der Waals surface area contributed by atoms with Crippen molar-refractivity contribution in [2.45, 2.75) is 0 Å². The van der Waals surface area contributed by atoms with Crippen molar-refractivity contribution in [2.24, 2.45) is 4.40 Å². The van der Waals surface area contributed by atoms with Gasteiger partial charge in [-0.05, 0) is 22.8 Å². The lowest BCUT2D eigenvalue weighted by Gasteiger charge is -2.06. The molecule has 3 rings (SSSR count). The van der Waals surface area contributed by atoms with E-state index in [9.17, 15) is 0 Å². The van der Waals surface area contributed by atoms with Crippen LogP contribution in [0.25, 0.3) is 12.2 Å². The fraction of sp³-hybridized carbons (Fsp3) is 0.100. The second-order valence-electron chi connectivity index (χ2n) is 3.05. The topological polar surface area (TPSA) is 24.4 Å². The molecule has 0 saturated carbocycles. The minimum atomic E-state index is 0.937. The highest BCUT2D eigenvalue weighted by molar-refractivity contribution is 8.00. The summed E-state index contributed by atoms with van der Waals surface area (Å²) in [5.41, 5.74) is 2.46. The molecule has 0 unspecified atom stereocenters. The van der Waals surface area contributed by atoms with Crippen LogP contribution in [-0.2, 0) is 0 Å². The standard InChI is InChI=1S/C10H8N2S/c1-2-9-8(4-6-13-12-9)10-7(1)3-5-11-10/h1-4,6,11H,5H2. The van der Waals surface area contributed by atoms with Gasteiger partial charge in [-0.15, -0.1) is 0 Å². The van der Waals surface area contributed by atoms with Gasteiger partial charge < -0.3 is 5.32 Å². The molecule has 0 aromatic heterocycles. The van der Waals surface area contributed by atoms with E-state index in [0.29, 0.717) is 0 Å². The Morgan fingerprint density at radius 2 is 2.38 bits per heavy atom. The van der Waals surface area contributed by atoms with Gasteiger partial charge in [0.05, 0.1) is 11.0 Å². The molecule has 13 heavy (non-hydrogen) atoms. The van der Waals surface area contributed by atoms with Gasteiger partial charge in [0, 0.05) is 24.1 Å². The first-order valence-electron chi connectivity index (χ1n) is 4.23. The van der Waals surface area contributed by atoms with Gasteiger partial charge in [0.1, 0.15) is 0 Å². The van der Waals surface area contributed by atoms with Crippen molar-refractivity contribution in [3.05, 3.63) is 33.7 Å². The molecule has 2 aliphatic heterocycles. The molecule has 0 bridgehead atoms. The Balaban J connectivity index is 2.44. The summed E-state index contributed by atoms with van der Waals surface area (Å²) in [6, 6.07) is 4.20. The van der Waals surface area contributed by atoms with Crippen LogP contribution in [0.15, 0.2) is 21.9 Å². The van der Waals surface area contributed by atoms with Gasteiger partial charge in [-0.3, -0.25) is 0 Å². The number of anilines is 1. The molecule has 2 aliphatic rings. The summed E-state index contributed by atoms with van der Waals surface area (Å²) in [4.78, 5) is 0. The van der Waals surface area contributed by atoms with E-state index in [1.807, 2.05) is 5.41 Å². The molecular formula is C10H8N2S. The fourth-order valence-electron chi connectivity index (χ4n) is 1.69. The normalized spacial score (nSPS) is 16.6. The molecule has 1 aromatic rings. The maximum atomic E-state index is 4.35. The van der Waals surface area contributed by atoms with Gasteiger partial charge in [0.15, 0.2) is 0 Å². The third-order valence-electron chi connectivity index (χ3n) is 2.30. The van der Waals surface area contributed by atoms with Crippen molar-refractivity contribution < 1.29 is 0 Å². The van der Waals surface area contributed by atoms with Crippen LogP contribution in [0.5, 0.6) is 0 Å². The zero-order valence-electron chi connectivity index (χ0n) is 6.95. The van der Waals surface area contributed by atoms with Gasteiger partial charge in [0.25, 0.3) is 0 Å². The van der Waals surface area contributed by atoms with E-state index in [1.54, 1.807) is 0 Å². The molecule has 0 fully saturated rings. The average Bonchev–Trinajstić information content (AvgIpc) is 2.65. The van der Waals surface area contributed by atoms with E-state index in [1.165, 1.54) is 28.4 Å². The van der Waals surface area contributed by atoms with Crippen LogP contribution in [0, 0.1) is 0 Å². The Labute approximate surface area is 80.2 Å². The van der Waals surface area contributed by atoms with E-state index in [0.717, 1.165) is 11.9 Å². The molecule has 0 amide bonds. The lowest BCUT2D eigenvalue weighted by molar-refractivity contribution is 1.38. The maximum Gasteiger partial charge on any atom is 0.0810 e. The van der Waals surface area contributed by atoms with Gasteiger partial charge in [0.2, 0.25) is 0 Å². The highest BCUT2D eigenvalue weighted by atomic mass is 32.2. The number of nitrogens with zero attached hydrogens (tertiary/aromatic N) is 1. The molecule has 1 N–H and O–H groups in total. The lowest BCUT2D eigenvalue weighted by Crippen LogP contribution is -2.15. The molecule has 1 aromatic carbocycles. The summed E-state index contributed by atoms with van der Waals surface area (Å²) in [6.07, 6.45) is 4.32. The second kappa shape index (κ2) is 2.64. The minimum absolute atomic E-state index is 0.937. The first kappa shape index (κ1) is 7.21. The summed E-state index contributed by atoms with van der Waals surface area (Å²) >= 11 is 1.49. The monoisotopic (exact) mass is 188 g/mol. The van der Waals surface area contributed by atoms with E-state index in [2.05, 4.69) is 34.0 Å². The molecule has 2 nitrogen and oxygen atoms in total. The van der Waals surface area contributed by atoms with Crippen molar-refractivity contribution in [2.75, 3.05) is 11.9 Å². The van der Waals surface area contributed by atoms with Crippen molar-refractivity contribution in [1.82, 2.24) is 0 Å². The Morgan fingerprint density at radius 1 is 1.38 bits per heavy atom. The molecule has 0 radical (unpaired) electrons. The van der Waals surface area contributed by atoms with Gasteiger partial charge in [-0.1, -0.05) is 12.1 Å². The third kappa shape index (κ3) is 1.00. The van der Waals surface area contributed by atoms with Crippen molar-refractivity contribution in [3.63, 3.8) is 0 Å². The maximum absolute atomic E-state index is 4.35. The highest BCUT2D eigenvalue weighted by Gasteiger charge is 2.09. The molecule has 0 atom stereocenters. The van der Waals surface area contributed by atoms with Crippen LogP contribution in [-0.4, -0.2) is 6.54 Å². The van der Waals surface area contributed by atoms with E-state index >= 15 is 0 Å². The fourth-order valence-corrected chi connectivity index (χ4v) is 2.22. The number of hydrogen-bond donors (Lipinski definition) is 1. The SMILES string of the molecule is C1=Cc2c3c(ccc2=NS1)=CCN3. The summed E-state index contributed by atoms with van der Waals surface area (Å²) in [6.45, 7) is 0.937. The van der Waals surface area contributed by atoms with Crippen LogP contribution in [0.1, 0.15) is 5.56 Å². The molecular weight excluding hydrogens is 180 g/mol. The molecule has 0 aliphatic carbocycles. The number of nitrogens with one attached hydrogen (secondary N) is 1. The highest BCUT2D eigenvalue weighted by Crippen LogP contribution is 2.17. The number of benzene rings is 1. The first-order valence-corrected chi connectivity index (χ1v) is 5.06. The number of rotatable bonds is 0. The Kier molecular flexibility index (Phi) is 1.46. The van der Waals surface area contributed by atoms with Crippen LogP contribution in [0.2, 0.25) is 0 Å². The molecule has 3 heteroatoms. The number of hydrogen-bond acceptors (Lipinski definition) is 3. The smallest absolute Gasteiger partial charge is 0.0810 e. The van der Waals surface area contributed by atoms with E-state index in [4.69, 9.17) is 0 Å². The average molecular weight is 188 g/mol. The van der Waals surface area contributed by atoms with Gasteiger partial charge >= 0.3 is 0 Å². The Morgan fingerprint density at radius 3 is 3.38 bits per heavy atom. The predicted molar refractivity (Wildman–Crippen MR) is 56.8 cm³/mol. The van der Waals surface area contributed by atoms with Gasteiger partial charge in [-0.2, -0.15) is 0 Å². The van der Waals surface area contributed by atoms with Crippen LogP contribution < -0.4 is 15.9 Å². The molecule has 0 spiro atoms. The van der Waals surface area contributed by atoms with Crippen molar-refractivity contribution >= 4 is 29.8 Å². The summed E-state index contributed by atoms with van der Waals surface area (Å²) in [5, 5.41) is 7.74. The molecule has 64 valence electrons. The zero-order valence-corrected chi connectivity index (χ0v) is 7.77. The van der Waals surface area contributed by atoms with Crippen molar-refractivity contribution in [3.8, 4) is 0 Å². The summed E-state index contributed by atoms with van der Waals surface area (Å²) in [7, 11) is 0. The largest absolute Gasteiger partial charge is 0.381 e. The predicted octanol–water partition coefficient (Wildman–Crippen LogP) is 1.14. The first-order chi connectivity index (χ1) is 6.45. The summed E-state index contributed by atoms with van der Waals surface area (Å²) < 4.78 is 4.35. The Hall–Kier alpha value is -1.22. The third-order valence-corrected chi connectivity index (χ3v) is 2.86. The van der Waals surface area contributed by atoms with Crippen LogP contribution in [0.3, 0.4) is 0 Å². The second-order valence-corrected chi connectivity index (χ2v) is 3.71. The van der Waals surface area contributed by atoms with Crippen LogP contribution >= 0.6 is 11.9 Å². The zero-order chi connectivity index (χ0) is 8.67. The van der Waals surface area contributed by atoms with E-state index in [-0.39, 0.29) is 0 Å². The quantitative estimate of drug-likeness (QED) is 0.617. The Bertz CT molecular complexity index is 502.